The van der Waals surface area contributed by atoms with Gasteiger partial charge in [0.15, 0.2) is 0 Å². The van der Waals surface area contributed by atoms with E-state index >= 15 is 0 Å². The second-order valence-electron chi connectivity index (χ2n) is 6.86. The topological polar surface area (TPSA) is 98.2 Å². The molecule has 0 spiro atoms. The Labute approximate surface area is 119 Å². The van der Waals surface area contributed by atoms with Crippen LogP contribution in [0.4, 0.5) is 0 Å². The summed E-state index contributed by atoms with van der Waals surface area (Å²) >= 11 is 0. The number of nitrogens with one attached hydrogen (secondary N) is 2. The molecule has 2 aliphatic rings. The summed E-state index contributed by atoms with van der Waals surface area (Å²) in [7, 11) is -4.14. The van der Waals surface area contributed by atoms with Gasteiger partial charge in [0.1, 0.15) is 0 Å². The maximum atomic E-state index is 11.1. The second kappa shape index (κ2) is 3.62. The average Bonchev–Trinajstić information content (AvgIpc) is 3.12. The van der Waals surface area contributed by atoms with E-state index in [1.165, 1.54) is 12.1 Å². The van der Waals surface area contributed by atoms with Gasteiger partial charge in [-0.3, -0.25) is 9.87 Å². The van der Waals surface area contributed by atoms with Gasteiger partial charge in [-0.05, 0) is 45.4 Å². The van der Waals surface area contributed by atoms with Crippen molar-refractivity contribution in [1.29, 1.82) is 0 Å². The first kappa shape index (κ1) is 14.0. The third-order valence-electron chi connectivity index (χ3n) is 4.63. The van der Waals surface area contributed by atoms with Gasteiger partial charge in [-0.2, -0.15) is 8.42 Å². The first-order valence-corrected chi connectivity index (χ1v) is 8.10. The number of benzene rings is 1. The van der Waals surface area contributed by atoms with Crippen LogP contribution in [0.3, 0.4) is 0 Å². The smallest absolute Gasteiger partial charge is 0.294 e. The summed E-state index contributed by atoms with van der Waals surface area (Å²) < 4.78 is 31.3. The normalized spacial score (nSPS) is 33.8. The van der Waals surface area contributed by atoms with Crippen LogP contribution in [-0.2, 0) is 15.7 Å². The Morgan fingerprint density at radius 1 is 1.10 bits per heavy atom. The first-order chi connectivity index (χ1) is 9.01. The minimum atomic E-state index is -4.14. The summed E-state index contributed by atoms with van der Waals surface area (Å²) in [4.78, 5) is -0.0714. The number of hydrogen-bond acceptors (Lipinski definition) is 4. The molecule has 0 bridgehead atoms. The molecule has 0 aliphatic carbocycles. The molecule has 6 heteroatoms. The second-order valence-corrected chi connectivity index (χ2v) is 8.28. The molecular formula is C14H20N2O3S. The molecule has 0 amide bonds. The lowest BCUT2D eigenvalue weighted by molar-refractivity contribution is 0.483. The van der Waals surface area contributed by atoms with E-state index in [1.54, 1.807) is 12.1 Å². The monoisotopic (exact) mass is 296 g/mol. The lowest BCUT2D eigenvalue weighted by Crippen LogP contribution is -2.30. The van der Waals surface area contributed by atoms with Crippen LogP contribution in [0.2, 0.25) is 0 Å². The zero-order chi connectivity index (χ0) is 15.0. The van der Waals surface area contributed by atoms with E-state index < -0.39 is 10.1 Å². The van der Waals surface area contributed by atoms with Crippen LogP contribution in [0.1, 0.15) is 33.3 Å². The molecule has 0 radical (unpaired) electrons. The zero-order valence-electron chi connectivity index (χ0n) is 12.1. The predicted molar refractivity (Wildman–Crippen MR) is 76.2 cm³/mol. The maximum Gasteiger partial charge on any atom is 0.294 e. The molecule has 0 saturated carbocycles. The lowest BCUT2D eigenvalue weighted by Gasteiger charge is -2.19. The highest BCUT2D eigenvalue weighted by Gasteiger charge is 2.73. The molecule has 20 heavy (non-hydrogen) atoms. The van der Waals surface area contributed by atoms with Crippen molar-refractivity contribution in [3.05, 3.63) is 29.8 Å². The van der Waals surface area contributed by atoms with Crippen molar-refractivity contribution in [2.75, 3.05) is 0 Å². The average molecular weight is 296 g/mol. The van der Waals surface area contributed by atoms with Crippen LogP contribution in [0.25, 0.3) is 0 Å². The standard InChI is InChI=1S/C14H20N2O3S/c1-12(2)11(15-12)14(13(3,4)16-14)9-5-7-10(8-6-9)20(17,18)19/h5-8,11,15-16H,1-4H3,(H,17,18,19). The van der Waals surface area contributed by atoms with Crippen molar-refractivity contribution in [2.24, 2.45) is 0 Å². The molecule has 2 atom stereocenters. The Kier molecular flexibility index (Phi) is 2.54. The van der Waals surface area contributed by atoms with E-state index in [2.05, 4.69) is 38.3 Å². The fraction of sp³-hybridized carbons (Fsp3) is 0.571. The summed E-state index contributed by atoms with van der Waals surface area (Å²) in [5, 5.41) is 7.02. The van der Waals surface area contributed by atoms with Crippen molar-refractivity contribution in [3.8, 4) is 0 Å². The molecule has 3 rings (SSSR count). The molecular weight excluding hydrogens is 276 g/mol. The van der Waals surface area contributed by atoms with Crippen LogP contribution < -0.4 is 10.6 Å². The molecule has 2 fully saturated rings. The van der Waals surface area contributed by atoms with E-state index in [1.807, 2.05) is 0 Å². The summed E-state index contributed by atoms with van der Waals surface area (Å²) in [6.45, 7) is 8.59. The zero-order valence-corrected chi connectivity index (χ0v) is 12.9. The lowest BCUT2D eigenvalue weighted by atomic mass is 9.82. The molecule has 0 aromatic heterocycles. The van der Waals surface area contributed by atoms with Crippen molar-refractivity contribution in [3.63, 3.8) is 0 Å². The number of hydrogen-bond donors (Lipinski definition) is 3. The van der Waals surface area contributed by atoms with Crippen LogP contribution >= 0.6 is 0 Å². The largest absolute Gasteiger partial charge is 0.304 e. The minimum absolute atomic E-state index is 0.0436. The van der Waals surface area contributed by atoms with Gasteiger partial charge in [0, 0.05) is 17.1 Å². The Hall–Kier alpha value is -0.950. The highest BCUT2D eigenvalue weighted by atomic mass is 32.2. The van der Waals surface area contributed by atoms with Crippen LogP contribution in [0.15, 0.2) is 29.2 Å². The van der Waals surface area contributed by atoms with Gasteiger partial charge in [0.05, 0.1) is 10.4 Å². The SMILES string of the molecule is CC1(C)NC1C1(c2ccc(S(=O)(=O)O)cc2)NC1(C)C. The summed E-state index contributed by atoms with van der Waals surface area (Å²) in [5.41, 5.74) is 0.882. The Balaban J connectivity index is 2.00. The van der Waals surface area contributed by atoms with Gasteiger partial charge in [0.25, 0.3) is 10.1 Å². The molecule has 2 unspecified atom stereocenters. The van der Waals surface area contributed by atoms with Crippen molar-refractivity contribution in [1.82, 2.24) is 10.6 Å². The minimum Gasteiger partial charge on any atom is -0.304 e. The van der Waals surface area contributed by atoms with E-state index in [0.29, 0.717) is 6.04 Å². The van der Waals surface area contributed by atoms with Crippen LogP contribution in [0, 0.1) is 0 Å². The molecule has 2 heterocycles. The van der Waals surface area contributed by atoms with E-state index in [0.717, 1.165) is 5.56 Å². The molecule has 110 valence electrons. The Morgan fingerprint density at radius 2 is 1.55 bits per heavy atom. The van der Waals surface area contributed by atoms with Crippen molar-refractivity contribution < 1.29 is 13.0 Å². The van der Waals surface area contributed by atoms with Gasteiger partial charge in [0.2, 0.25) is 0 Å². The van der Waals surface area contributed by atoms with Crippen LogP contribution in [-0.4, -0.2) is 30.1 Å². The van der Waals surface area contributed by atoms with Crippen LogP contribution in [0.5, 0.6) is 0 Å². The third-order valence-corrected chi connectivity index (χ3v) is 5.50. The molecule has 1 aromatic rings. The summed E-state index contributed by atoms with van der Waals surface area (Å²) in [6, 6.07) is 6.78. The van der Waals surface area contributed by atoms with E-state index in [-0.39, 0.29) is 21.5 Å². The van der Waals surface area contributed by atoms with Gasteiger partial charge in [-0.15, -0.1) is 0 Å². The van der Waals surface area contributed by atoms with Gasteiger partial charge >= 0.3 is 0 Å². The molecule has 2 saturated heterocycles. The highest BCUT2D eigenvalue weighted by molar-refractivity contribution is 7.85. The molecule has 1 aromatic carbocycles. The molecule has 3 N–H and O–H groups in total. The van der Waals surface area contributed by atoms with Crippen molar-refractivity contribution >= 4 is 10.1 Å². The third kappa shape index (κ3) is 1.83. The summed E-state index contributed by atoms with van der Waals surface area (Å²) in [6.07, 6.45) is 0. The fourth-order valence-corrected chi connectivity index (χ4v) is 3.84. The molecule has 2 aliphatic heterocycles. The quantitative estimate of drug-likeness (QED) is 0.576. The Morgan fingerprint density at radius 3 is 1.85 bits per heavy atom. The van der Waals surface area contributed by atoms with Gasteiger partial charge in [-0.1, -0.05) is 12.1 Å². The van der Waals surface area contributed by atoms with E-state index in [9.17, 15) is 8.42 Å². The maximum absolute atomic E-state index is 11.1. The Bertz CT molecular complexity index is 664. The summed E-state index contributed by atoms with van der Waals surface area (Å²) in [5.74, 6) is 0. The fourth-order valence-electron chi connectivity index (χ4n) is 3.36. The predicted octanol–water partition coefficient (Wildman–Crippen LogP) is 1.26. The van der Waals surface area contributed by atoms with Gasteiger partial charge in [-0.25, -0.2) is 0 Å². The highest BCUT2D eigenvalue weighted by Crippen LogP contribution is 2.56. The number of rotatable bonds is 3. The van der Waals surface area contributed by atoms with E-state index in [4.69, 9.17) is 4.55 Å². The van der Waals surface area contributed by atoms with Gasteiger partial charge < -0.3 is 5.32 Å². The molecule has 5 nitrogen and oxygen atoms in total. The van der Waals surface area contributed by atoms with Crippen molar-refractivity contribution in [2.45, 2.75) is 55.2 Å². The first-order valence-electron chi connectivity index (χ1n) is 6.66.